The van der Waals surface area contributed by atoms with E-state index >= 15 is 0 Å². The molecule has 1 aliphatic rings. The van der Waals surface area contributed by atoms with Gasteiger partial charge in [-0.2, -0.15) is 0 Å². The first-order valence-electron chi connectivity index (χ1n) is 5.61. The number of nitrogens with one attached hydrogen (secondary N) is 1. The molecule has 1 saturated heterocycles. The third-order valence-corrected chi connectivity index (χ3v) is 3.14. The molecule has 88 valence electrons. The Labute approximate surface area is 101 Å². The van der Waals surface area contributed by atoms with E-state index < -0.39 is 0 Å². The summed E-state index contributed by atoms with van der Waals surface area (Å²) in [5.74, 6) is 0.721. The molecule has 0 aliphatic carbocycles. The SMILES string of the molecule is Cc1cc(Cl)nc(N(C)C2CCCNC2)n1. The fourth-order valence-corrected chi connectivity index (χ4v) is 2.23. The molecule has 1 atom stereocenters. The number of piperidine rings is 1. The van der Waals surface area contributed by atoms with Crippen LogP contribution in [0.15, 0.2) is 6.07 Å². The van der Waals surface area contributed by atoms with Crippen LogP contribution in [0.5, 0.6) is 0 Å². The highest BCUT2D eigenvalue weighted by molar-refractivity contribution is 6.29. The third-order valence-electron chi connectivity index (χ3n) is 2.95. The highest BCUT2D eigenvalue weighted by Crippen LogP contribution is 2.17. The third kappa shape index (κ3) is 2.62. The van der Waals surface area contributed by atoms with Gasteiger partial charge in [-0.3, -0.25) is 0 Å². The monoisotopic (exact) mass is 240 g/mol. The van der Waals surface area contributed by atoms with E-state index in [1.54, 1.807) is 6.07 Å². The van der Waals surface area contributed by atoms with Gasteiger partial charge in [0.15, 0.2) is 0 Å². The van der Waals surface area contributed by atoms with Crippen molar-refractivity contribution in [2.45, 2.75) is 25.8 Å². The molecule has 0 bridgehead atoms. The van der Waals surface area contributed by atoms with Crippen LogP contribution in [-0.2, 0) is 0 Å². The van der Waals surface area contributed by atoms with Crippen molar-refractivity contribution in [2.24, 2.45) is 0 Å². The van der Waals surface area contributed by atoms with Gasteiger partial charge in [-0.15, -0.1) is 0 Å². The summed E-state index contributed by atoms with van der Waals surface area (Å²) in [6.45, 7) is 4.04. The minimum Gasteiger partial charge on any atom is -0.340 e. The van der Waals surface area contributed by atoms with Crippen molar-refractivity contribution in [3.8, 4) is 0 Å². The van der Waals surface area contributed by atoms with Crippen molar-refractivity contribution in [1.29, 1.82) is 0 Å². The second kappa shape index (κ2) is 4.97. The second-order valence-corrected chi connectivity index (χ2v) is 4.63. The van der Waals surface area contributed by atoms with Gasteiger partial charge in [0.2, 0.25) is 5.95 Å². The minimum atomic E-state index is 0.464. The molecule has 1 N–H and O–H groups in total. The Morgan fingerprint density at radius 2 is 2.31 bits per heavy atom. The quantitative estimate of drug-likeness (QED) is 0.798. The lowest BCUT2D eigenvalue weighted by molar-refractivity contribution is 0.441. The van der Waals surface area contributed by atoms with E-state index in [-0.39, 0.29) is 0 Å². The molecule has 5 heteroatoms. The van der Waals surface area contributed by atoms with E-state index in [4.69, 9.17) is 11.6 Å². The van der Waals surface area contributed by atoms with E-state index in [1.807, 2.05) is 14.0 Å². The Balaban J connectivity index is 2.15. The van der Waals surface area contributed by atoms with Gasteiger partial charge in [0.25, 0.3) is 0 Å². The van der Waals surface area contributed by atoms with Crippen LogP contribution < -0.4 is 10.2 Å². The lowest BCUT2D eigenvalue weighted by Crippen LogP contribution is -2.44. The Hall–Kier alpha value is -0.870. The van der Waals surface area contributed by atoms with Gasteiger partial charge in [0.05, 0.1) is 0 Å². The Kier molecular flexibility index (Phi) is 3.61. The van der Waals surface area contributed by atoms with Gasteiger partial charge in [-0.05, 0) is 32.4 Å². The second-order valence-electron chi connectivity index (χ2n) is 4.24. The predicted molar refractivity (Wildman–Crippen MR) is 66.1 cm³/mol. The Morgan fingerprint density at radius 1 is 1.50 bits per heavy atom. The summed E-state index contributed by atoms with van der Waals surface area (Å²) in [6, 6.07) is 2.24. The zero-order chi connectivity index (χ0) is 11.5. The molecular weight excluding hydrogens is 224 g/mol. The normalized spacial score (nSPS) is 20.8. The number of likely N-dealkylation sites (N-methyl/N-ethyl adjacent to an activating group) is 1. The molecule has 1 unspecified atom stereocenters. The van der Waals surface area contributed by atoms with Gasteiger partial charge >= 0.3 is 0 Å². The lowest BCUT2D eigenvalue weighted by atomic mass is 10.1. The smallest absolute Gasteiger partial charge is 0.227 e. The zero-order valence-electron chi connectivity index (χ0n) is 9.70. The average molecular weight is 241 g/mol. The van der Waals surface area contributed by atoms with Crippen molar-refractivity contribution in [3.05, 3.63) is 16.9 Å². The molecule has 0 saturated carbocycles. The molecule has 1 fully saturated rings. The molecular formula is C11H17ClN4. The Morgan fingerprint density at radius 3 is 2.94 bits per heavy atom. The molecule has 2 rings (SSSR count). The van der Waals surface area contributed by atoms with Crippen LogP contribution >= 0.6 is 11.6 Å². The first-order chi connectivity index (χ1) is 7.66. The summed E-state index contributed by atoms with van der Waals surface area (Å²) in [4.78, 5) is 10.8. The van der Waals surface area contributed by atoms with Gasteiger partial charge in [-0.25, -0.2) is 9.97 Å². The summed E-state index contributed by atoms with van der Waals surface area (Å²) in [7, 11) is 2.03. The topological polar surface area (TPSA) is 41.1 Å². The molecule has 0 aromatic carbocycles. The molecule has 1 aromatic rings. The maximum atomic E-state index is 5.94. The van der Waals surface area contributed by atoms with Crippen LogP contribution in [0.25, 0.3) is 0 Å². The van der Waals surface area contributed by atoms with Crippen molar-refractivity contribution < 1.29 is 0 Å². The van der Waals surface area contributed by atoms with Crippen LogP contribution in [0.4, 0.5) is 5.95 Å². The van der Waals surface area contributed by atoms with E-state index in [0.29, 0.717) is 11.2 Å². The van der Waals surface area contributed by atoms with Gasteiger partial charge in [0.1, 0.15) is 5.15 Å². The summed E-state index contributed by atoms with van der Waals surface area (Å²) < 4.78 is 0. The maximum Gasteiger partial charge on any atom is 0.227 e. The zero-order valence-corrected chi connectivity index (χ0v) is 10.5. The molecule has 0 radical (unpaired) electrons. The molecule has 0 amide bonds. The summed E-state index contributed by atoms with van der Waals surface area (Å²) in [5, 5.41) is 3.90. The predicted octanol–water partition coefficient (Wildman–Crippen LogP) is 1.63. The molecule has 4 nitrogen and oxygen atoms in total. The fraction of sp³-hybridized carbons (Fsp3) is 0.636. The largest absolute Gasteiger partial charge is 0.340 e. The number of halogens is 1. The molecule has 16 heavy (non-hydrogen) atoms. The fourth-order valence-electron chi connectivity index (χ4n) is 2.00. The number of aromatic nitrogens is 2. The Bertz CT molecular complexity index is 343. The van der Waals surface area contributed by atoms with Crippen LogP contribution in [0, 0.1) is 6.92 Å². The van der Waals surface area contributed by atoms with Crippen LogP contribution in [0.3, 0.4) is 0 Å². The highest BCUT2D eigenvalue weighted by atomic mass is 35.5. The summed E-state index contributed by atoms with van der Waals surface area (Å²) in [6.07, 6.45) is 2.38. The number of aryl methyl sites for hydroxylation is 1. The standard InChI is InChI=1S/C11H17ClN4/c1-8-6-10(12)15-11(14-8)16(2)9-4-3-5-13-7-9/h6,9,13H,3-5,7H2,1-2H3. The maximum absolute atomic E-state index is 5.94. The first-order valence-corrected chi connectivity index (χ1v) is 5.99. The average Bonchev–Trinajstić information content (AvgIpc) is 2.28. The van der Waals surface area contributed by atoms with Gasteiger partial charge < -0.3 is 10.2 Å². The number of anilines is 1. The van der Waals surface area contributed by atoms with E-state index in [0.717, 1.165) is 24.7 Å². The van der Waals surface area contributed by atoms with Crippen LogP contribution in [0.1, 0.15) is 18.5 Å². The van der Waals surface area contributed by atoms with Gasteiger partial charge in [-0.1, -0.05) is 11.6 Å². The van der Waals surface area contributed by atoms with Crippen LogP contribution in [0.2, 0.25) is 5.15 Å². The number of hydrogen-bond donors (Lipinski definition) is 1. The van der Waals surface area contributed by atoms with Crippen molar-refractivity contribution in [1.82, 2.24) is 15.3 Å². The first kappa shape index (κ1) is 11.6. The summed E-state index contributed by atoms with van der Waals surface area (Å²) in [5.41, 5.74) is 0.908. The van der Waals surface area contributed by atoms with Crippen molar-refractivity contribution in [2.75, 3.05) is 25.0 Å². The van der Waals surface area contributed by atoms with Crippen molar-refractivity contribution >= 4 is 17.5 Å². The minimum absolute atomic E-state index is 0.464. The number of nitrogens with zero attached hydrogens (tertiary/aromatic N) is 3. The van der Waals surface area contributed by atoms with E-state index in [2.05, 4.69) is 20.2 Å². The molecule has 1 aliphatic heterocycles. The van der Waals surface area contributed by atoms with Crippen LogP contribution in [-0.4, -0.2) is 36.1 Å². The van der Waals surface area contributed by atoms with E-state index in [9.17, 15) is 0 Å². The molecule has 0 spiro atoms. The molecule has 2 heterocycles. The lowest BCUT2D eigenvalue weighted by Gasteiger charge is -2.31. The number of rotatable bonds is 2. The van der Waals surface area contributed by atoms with Crippen molar-refractivity contribution in [3.63, 3.8) is 0 Å². The molecule has 1 aromatic heterocycles. The van der Waals surface area contributed by atoms with Gasteiger partial charge in [0, 0.05) is 25.3 Å². The number of hydrogen-bond acceptors (Lipinski definition) is 4. The summed E-state index contributed by atoms with van der Waals surface area (Å²) >= 11 is 5.94. The van der Waals surface area contributed by atoms with E-state index in [1.165, 1.54) is 12.8 Å². The highest BCUT2D eigenvalue weighted by Gasteiger charge is 2.20.